The van der Waals surface area contributed by atoms with Crippen LogP contribution in [0.1, 0.15) is 33.3 Å². The van der Waals surface area contributed by atoms with Gasteiger partial charge in [0.15, 0.2) is 0 Å². The molecule has 0 unspecified atom stereocenters. The van der Waals surface area contributed by atoms with Crippen LogP contribution in [-0.4, -0.2) is 25.2 Å². The zero-order valence-electron chi connectivity index (χ0n) is 11.2. The quantitative estimate of drug-likeness (QED) is 0.783. The van der Waals surface area contributed by atoms with Crippen molar-refractivity contribution in [3.05, 3.63) is 29.8 Å². The van der Waals surface area contributed by atoms with Gasteiger partial charge in [0.1, 0.15) is 0 Å². The number of nitrogens with zero attached hydrogens (tertiary/aromatic N) is 1. The summed E-state index contributed by atoms with van der Waals surface area (Å²) in [6.45, 7) is 10.9. The number of anilines is 1. The van der Waals surface area contributed by atoms with Gasteiger partial charge in [-0.05, 0) is 30.6 Å². The molecule has 1 N–H and O–H groups in total. The maximum absolute atomic E-state index is 3.50. The van der Waals surface area contributed by atoms with Crippen LogP contribution in [0, 0.1) is 0 Å². The van der Waals surface area contributed by atoms with Crippen molar-refractivity contribution in [2.75, 3.05) is 25.6 Å². The van der Waals surface area contributed by atoms with Gasteiger partial charge in [-0.3, -0.25) is 4.90 Å². The smallest absolute Gasteiger partial charge is 0.0675 e. The third-order valence-corrected chi connectivity index (χ3v) is 2.81. The second kappa shape index (κ2) is 5.35. The zero-order valence-corrected chi connectivity index (χ0v) is 11.2. The fraction of sp³-hybridized carbons (Fsp3) is 0.571. The van der Waals surface area contributed by atoms with E-state index < -0.39 is 0 Å². The van der Waals surface area contributed by atoms with Crippen LogP contribution in [0.2, 0.25) is 0 Å². The van der Waals surface area contributed by atoms with Gasteiger partial charge >= 0.3 is 0 Å². The predicted molar refractivity (Wildman–Crippen MR) is 71.9 cm³/mol. The van der Waals surface area contributed by atoms with Crippen molar-refractivity contribution in [1.29, 1.82) is 0 Å². The number of benzene rings is 1. The maximum atomic E-state index is 3.50. The molecule has 90 valence electrons. The molecule has 1 aromatic carbocycles. The monoisotopic (exact) mass is 220 g/mol. The second-order valence-electron chi connectivity index (χ2n) is 5.30. The van der Waals surface area contributed by atoms with Gasteiger partial charge in [0.05, 0.1) is 6.67 Å². The van der Waals surface area contributed by atoms with Crippen LogP contribution in [0.3, 0.4) is 0 Å². The van der Waals surface area contributed by atoms with Crippen LogP contribution in [-0.2, 0) is 5.41 Å². The summed E-state index contributed by atoms with van der Waals surface area (Å²) >= 11 is 0. The lowest BCUT2D eigenvalue weighted by molar-refractivity contribution is 0.378. The molecule has 0 aliphatic rings. The zero-order chi connectivity index (χ0) is 12.2. The highest BCUT2D eigenvalue weighted by Gasteiger charge is 2.16. The summed E-state index contributed by atoms with van der Waals surface area (Å²) in [5.74, 6) is 0. The van der Waals surface area contributed by atoms with E-state index in [-0.39, 0.29) is 5.41 Å². The fourth-order valence-electron chi connectivity index (χ4n) is 1.62. The largest absolute Gasteiger partial charge is 0.372 e. The molecule has 0 fully saturated rings. The Balaban J connectivity index is 2.80. The summed E-state index contributed by atoms with van der Waals surface area (Å²) in [5, 5.41) is 3.50. The van der Waals surface area contributed by atoms with Crippen LogP contribution in [0.25, 0.3) is 0 Å². The molecule has 2 heteroatoms. The highest BCUT2D eigenvalue weighted by molar-refractivity contribution is 5.53. The van der Waals surface area contributed by atoms with Crippen molar-refractivity contribution in [1.82, 2.24) is 4.90 Å². The molecule has 0 spiro atoms. The first-order valence-corrected chi connectivity index (χ1v) is 5.97. The molecule has 0 atom stereocenters. The first kappa shape index (κ1) is 13.0. The molecule has 0 aliphatic carbocycles. The summed E-state index contributed by atoms with van der Waals surface area (Å²) in [5.41, 5.74) is 2.81. The molecule has 1 aromatic rings. The Morgan fingerprint density at radius 2 is 1.81 bits per heavy atom. The summed E-state index contributed by atoms with van der Waals surface area (Å²) < 4.78 is 0. The SMILES string of the molecule is CCN(C)CNc1ccccc1C(C)(C)C. The molecule has 1 rings (SSSR count). The topological polar surface area (TPSA) is 15.3 Å². The Bertz CT molecular complexity index is 326. The van der Waals surface area contributed by atoms with Gasteiger partial charge in [0.2, 0.25) is 0 Å². The minimum absolute atomic E-state index is 0.189. The summed E-state index contributed by atoms with van der Waals surface area (Å²) in [7, 11) is 2.12. The van der Waals surface area contributed by atoms with Crippen molar-refractivity contribution in [3.8, 4) is 0 Å². The molecule has 16 heavy (non-hydrogen) atoms. The molecule has 0 aliphatic heterocycles. The van der Waals surface area contributed by atoms with E-state index in [9.17, 15) is 0 Å². The highest BCUT2D eigenvalue weighted by Crippen LogP contribution is 2.28. The molecule has 0 bridgehead atoms. The van der Waals surface area contributed by atoms with E-state index in [0.717, 1.165) is 13.2 Å². The minimum Gasteiger partial charge on any atom is -0.372 e. The van der Waals surface area contributed by atoms with Gasteiger partial charge in [-0.25, -0.2) is 0 Å². The number of hydrogen-bond donors (Lipinski definition) is 1. The van der Waals surface area contributed by atoms with E-state index in [2.05, 4.69) is 69.2 Å². The first-order valence-electron chi connectivity index (χ1n) is 5.97. The normalized spacial score (nSPS) is 11.9. The van der Waals surface area contributed by atoms with Crippen LogP contribution >= 0.6 is 0 Å². The van der Waals surface area contributed by atoms with E-state index in [0.29, 0.717) is 0 Å². The Morgan fingerprint density at radius 1 is 1.19 bits per heavy atom. The Hall–Kier alpha value is -1.02. The lowest BCUT2D eigenvalue weighted by Gasteiger charge is -2.25. The average molecular weight is 220 g/mol. The van der Waals surface area contributed by atoms with E-state index in [1.807, 2.05) is 0 Å². The Morgan fingerprint density at radius 3 is 2.38 bits per heavy atom. The summed E-state index contributed by atoms with van der Waals surface area (Å²) in [4.78, 5) is 2.25. The highest BCUT2D eigenvalue weighted by atomic mass is 15.2. The Labute approximate surface area is 99.7 Å². The number of rotatable bonds is 4. The fourth-order valence-corrected chi connectivity index (χ4v) is 1.62. The van der Waals surface area contributed by atoms with Gasteiger partial charge in [-0.1, -0.05) is 45.9 Å². The van der Waals surface area contributed by atoms with E-state index in [1.54, 1.807) is 0 Å². The summed E-state index contributed by atoms with van der Waals surface area (Å²) in [6, 6.07) is 8.55. The maximum Gasteiger partial charge on any atom is 0.0675 e. The van der Waals surface area contributed by atoms with E-state index >= 15 is 0 Å². The van der Waals surface area contributed by atoms with E-state index in [4.69, 9.17) is 0 Å². The predicted octanol–water partition coefficient (Wildman–Crippen LogP) is 3.31. The molecule has 2 nitrogen and oxygen atoms in total. The minimum atomic E-state index is 0.189. The van der Waals surface area contributed by atoms with Crippen molar-refractivity contribution < 1.29 is 0 Å². The molecule has 0 saturated heterocycles. The first-order chi connectivity index (χ1) is 7.45. The summed E-state index contributed by atoms with van der Waals surface area (Å²) in [6.07, 6.45) is 0. The van der Waals surface area contributed by atoms with Gasteiger partial charge in [0.25, 0.3) is 0 Å². The van der Waals surface area contributed by atoms with Crippen molar-refractivity contribution in [2.45, 2.75) is 33.1 Å². The molecule has 0 aromatic heterocycles. The molecule has 0 saturated carbocycles. The number of hydrogen-bond acceptors (Lipinski definition) is 2. The van der Waals surface area contributed by atoms with Gasteiger partial charge < -0.3 is 5.32 Å². The molecular weight excluding hydrogens is 196 g/mol. The van der Waals surface area contributed by atoms with Crippen LogP contribution in [0.15, 0.2) is 24.3 Å². The van der Waals surface area contributed by atoms with Crippen LogP contribution in [0.5, 0.6) is 0 Å². The third kappa shape index (κ3) is 3.53. The van der Waals surface area contributed by atoms with Crippen LogP contribution < -0.4 is 5.32 Å². The standard InChI is InChI=1S/C14H24N2/c1-6-16(5)11-15-13-10-8-7-9-12(13)14(2,3)4/h7-10,15H,6,11H2,1-5H3. The van der Waals surface area contributed by atoms with Gasteiger partial charge in [-0.15, -0.1) is 0 Å². The molecule has 0 amide bonds. The van der Waals surface area contributed by atoms with Crippen molar-refractivity contribution in [2.24, 2.45) is 0 Å². The van der Waals surface area contributed by atoms with Crippen molar-refractivity contribution >= 4 is 5.69 Å². The molecule has 0 heterocycles. The molecule has 0 radical (unpaired) electrons. The van der Waals surface area contributed by atoms with Crippen LogP contribution in [0.4, 0.5) is 5.69 Å². The van der Waals surface area contributed by atoms with Gasteiger partial charge in [0, 0.05) is 5.69 Å². The molecular formula is C14H24N2. The lowest BCUT2D eigenvalue weighted by atomic mass is 9.86. The third-order valence-electron chi connectivity index (χ3n) is 2.81. The lowest BCUT2D eigenvalue weighted by Crippen LogP contribution is -2.26. The second-order valence-corrected chi connectivity index (χ2v) is 5.30. The van der Waals surface area contributed by atoms with E-state index in [1.165, 1.54) is 11.3 Å². The number of nitrogens with one attached hydrogen (secondary N) is 1. The Kier molecular flexibility index (Phi) is 4.36. The average Bonchev–Trinajstić information content (AvgIpc) is 2.25. The number of para-hydroxylation sites is 1. The van der Waals surface area contributed by atoms with Crippen molar-refractivity contribution in [3.63, 3.8) is 0 Å². The van der Waals surface area contributed by atoms with Gasteiger partial charge in [-0.2, -0.15) is 0 Å².